The smallest absolute Gasteiger partial charge is 0.434 e. The Morgan fingerprint density at radius 1 is 1.15 bits per heavy atom. The molecule has 0 saturated carbocycles. The Balaban J connectivity index is 2.13. The van der Waals surface area contributed by atoms with Crippen LogP contribution in [0.2, 0.25) is 0 Å². The van der Waals surface area contributed by atoms with E-state index in [4.69, 9.17) is 9.47 Å². The molecule has 0 N–H and O–H groups in total. The Morgan fingerprint density at radius 3 is 2.42 bits per heavy atom. The van der Waals surface area contributed by atoms with Gasteiger partial charge in [0.2, 0.25) is 0 Å². The monoisotopic (exact) mass is 357 g/mol. The molecular formula is C19H23N3O4. The van der Waals surface area contributed by atoms with Gasteiger partial charge in [-0.15, -0.1) is 0 Å². The highest BCUT2D eigenvalue weighted by atomic mass is 16.6. The van der Waals surface area contributed by atoms with Gasteiger partial charge in [0.15, 0.2) is 0 Å². The topological polar surface area (TPSA) is 82.8 Å². The van der Waals surface area contributed by atoms with Gasteiger partial charge in [0.05, 0.1) is 6.20 Å². The molecule has 0 atom stereocenters. The molecule has 2 rings (SSSR count). The van der Waals surface area contributed by atoms with Gasteiger partial charge < -0.3 is 9.47 Å². The third kappa shape index (κ3) is 6.51. The Labute approximate surface area is 152 Å². The van der Waals surface area contributed by atoms with Crippen molar-refractivity contribution in [1.29, 1.82) is 0 Å². The summed E-state index contributed by atoms with van der Waals surface area (Å²) in [7, 11) is 1.77. The zero-order chi connectivity index (χ0) is 19.2. The number of esters is 1. The number of hydrogen-bond acceptors (Lipinski definition) is 5. The molecular weight excluding hydrogens is 334 g/mol. The molecule has 1 amide bonds. The van der Waals surface area contributed by atoms with Crippen molar-refractivity contribution in [3.05, 3.63) is 53.9 Å². The van der Waals surface area contributed by atoms with Crippen LogP contribution in [-0.2, 0) is 34.3 Å². The van der Waals surface area contributed by atoms with Crippen molar-refractivity contribution in [3.63, 3.8) is 0 Å². The molecule has 0 unspecified atom stereocenters. The normalized spacial score (nSPS) is 11.9. The summed E-state index contributed by atoms with van der Waals surface area (Å²) in [4.78, 5) is 28.3. The van der Waals surface area contributed by atoms with E-state index in [-0.39, 0.29) is 18.7 Å². The first kappa shape index (κ1) is 19.4. The Kier molecular flexibility index (Phi) is 6.27. The zero-order valence-electron chi connectivity index (χ0n) is 15.4. The van der Waals surface area contributed by atoms with E-state index in [0.717, 1.165) is 11.1 Å². The number of benzene rings is 1. The second kappa shape index (κ2) is 8.42. The van der Waals surface area contributed by atoms with Gasteiger partial charge >= 0.3 is 12.1 Å². The zero-order valence-corrected chi connectivity index (χ0v) is 15.4. The number of aromatic nitrogens is 2. The Hall–Kier alpha value is -2.96. The van der Waals surface area contributed by atoms with Crippen LogP contribution in [-0.4, -0.2) is 33.2 Å². The SMILES string of the molecule is Cn1cc(CC(=NC(=O)OC(C)(C)C)C(=O)OCc2ccccc2)cn1. The van der Waals surface area contributed by atoms with Crippen LogP contribution in [0.15, 0.2) is 47.7 Å². The minimum atomic E-state index is -0.826. The van der Waals surface area contributed by atoms with Crippen LogP contribution in [0.25, 0.3) is 0 Å². The summed E-state index contributed by atoms with van der Waals surface area (Å²) < 4.78 is 12.1. The summed E-state index contributed by atoms with van der Waals surface area (Å²) >= 11 is 0. The van der Waals surface area contributed by atoms with Crippen molar-refractivity contribution in [3.8, 4) is 0 Å². The largest absolute Gasteiger partial charge is 0.456 e. The number of aryl methyl sites for hydroxylation is 1. The fourth-order valence-electron chi connectivity index (χ4n) is 2.12. The highest BCUT2D eigenvalue weighted by Gasteiger charge is 2.21. The van der Waals surface area contributed by atoms with Crippen LogP contribution in [0.4, 0.5) is 4.79 Å². The maximum Gasteiger partial charge on any atom is 0.434 e. The molecule has 0 aliphatic heterocycles. The molecule has 0 aliphatic rings. The number of rotatable bonds is 5. The van der Waals surface area contributed by atoms with E-state index >= 15 is 0 Å². The second-order valence-corrected chi connectivity index (χ2v) is 6.80. The van der Waals surface area contributed by atoms with Crippen LogP contribution < -0.4 is 0 Å². The standard InChI is InChI=1S/C19H23N3O4/c1-19(2,3)26-18(24)21-16(10-15-11-20-22(4)12-15)17(23)25-13-14-8-6-5-7-9-14/h5-9,11-12H,10,13H2,1-4H3. The number of ether oxygens (including phenoxy) is 2. The maximum atomic E-state index is 12.4. The molecule has 0 spiro atoms. The molecule has 0 aliphatic carbocycles. The fourth-order valence-corrected chi connectivity index (χ4v) is 2.12. The number of carbonyl (C=O) groups excluding carboxylic acids is 2. The van der Waals surface area contributed by atoms with E-state index in [1.807, 2.05) is 30.3 Å². The van der Waals surface area contributed by atoms with E-state index in [2.05, 4.69) is 10.1 Å². The minimum Gasteiger partial charge on any atom is -0.456 e. The van der Waals surface area contributed by atoms with Crippen LogP contribution in [0.1, 0.15) is 31.9 Å². The first-order chi connectivity index (χ1) is 12.2. The molecule has 2 aromatic rings. The van der Waals surface area contributed by atoms with Crippen LogP contribution in [0.5, 0.6) is 0 Å². The molecule has 0 fully saturated rings. The van der Waals surface area contributed by atoms with E-state index in [1.165, 1.54) is 0 Å². The highest BCUT2D eigenvalue weighted by molar-refractivity contribution is 6.38. The van der Waals surface area contributed by atoms with Crippen molar-refractivity contribution in [1.82, 2.24) is 9.78 Å². The maximum absolute atomic E-state index is 12.4. The number of carbonyl (C=O) groups is 2. The van der Waals surface area contributed by atoms with E-state index in [9.17, 15) is 9.59 Å². The molecule has 0 bridgehead atoms. The molecule has 1 heterocycles. The van der Waals surface area contributed by atoms with Gasteiger partial charge in [0.1, 0.15) is 17.9 Å². The summed E-state index contributed by atoms with van der Waals surface area (Å²) in [6, 6.07) is 9.28. The lowest BCUT2D eigenvalue weighted by Crippen LogP contribution is -2.26. The summed E-state index contributed by atoms with van der Waals surface area (Å²) in [6.45, 7) is 5.29. The quantitative estimate of drug-likeness (QED) is 0.606. The molecule has 138 valence electrons. The highest BCUT2D eigenvalue weighted by Crippen LogP contribution is 2.10. The van der Waals surface area contributed by atoms with Crippen LogP contribution in [0.3, 0.4) is 0 Å². The summed E-state index contributed by atoms with van der Waals surface area (Å²) in [5.74, 6) is -0.663. The molecule has 0 radical (unpaired) electrons. The van der Waals surface area contributed by atoms with Gasteiger partial charge in [-0.3, -0.25) is 4.68 Å². The van der Waals surface area contributed by atoms with Gasteiger partial charge in [-0.1, -0.05) is 30.3 Å². The first-order valence-electron chi connectivity index (χ1n) is 8.22. The number of hydrogen-bond donors (Lipinski definition) is 0. The number of nitrogens with zero attached hydrogens (tertiary/aromatic N) is 3. The van der Waals surface area contributed by atoms with Crippen molar-refractivity contribution >= 4 is 17.8 Å². The molecule has 26 heavy (non-hydrogen) atoms. The average molecular weight is 357 g/mol. The molecule has 1 aromatic carbocycles. The van der Waals surface area contributed by atoms with E-state index < -0.39 is 17.7 Å². The lowest BCUT2D eigenvalue weighted by molar-refractivity contribution is -0.136. The van der Waals surface area contributed by atoms with Gasteiger partial charge in [0, 0.05) is 19.7 Å². The summed E-state index contributed by atoms with van der Waals surface area (Å²) in [5, 5.41) is 4.05. The second-order valence-electron chi connectivity index (χ2n) is 6.80. The van der Waals surface area contributed by atoms with Gasteiger partial charge in [-0.05, 0) is 31.9 Å². The molecule has 7 heteroatoms. The predicted octanol–water partition coefficient (Wildman–Crippen LogP) is 3.08. The molecule has 7 nitrogen and oxygen atoms in total. The fraction of sp³-hybridized carbons (Fsp3) is 0.368. The number of aliphatic imine (C=N–C) groups is 1. The van der Waals surface area contributed by atoms with Crippen LogP contribution >= 0.6 is 0 Å². The van der Waals surface area contributed by atoms with Crippen molar-refractivity contribution in [2.75, 3.05) is 0 Å². The summed E-state index contributed by atoms with van der Waals surface area (Å²) in [5.41, 5.74) is 0.863. The van der Waals surface area contributed by atoms with Crippen molar-refractivity contribution in [2.45, 2.75) is 39.4 Å². The first-order valence-corrected chi connectivity index (χ1v) is 8.22. The van der Waals surface area contributed by atoms with Crippen LogP contribution in [0, 0.1) is 0 Å². The predicted molar refractivity (Wildman–Crippen MR) is 96.8 cm³/mol. The Bertz CT molecular complexity index is 789. The molecule has 1 aromatic heterocycles. The third-order valence-corrected chi connectivity index (χ3v) is 3.20. The van der Waals surface area contributed by atoms with E-state index in [0.29, 0.717) is 0 Å². The average Bonchev–Trinajstić information content (AvgIpc) is 2.96. The summed E-state index contributed by atoms with van der Waals surface area (Å²) in [6.07, 6.45) is 2.65. The number of amides is 1. The third-order valence-electron chi connectivity index (χ3n) is 3.20. The van der Waals surface area contributed by atoms with E-state index in [1.54, 1.807) is 44.9 Å². The minimum absolute atomic E-state index is 0.0248. The van der Waals surface area contributed by atoms with Gasteiger partial charge in [-0.2, -0.15) is 10.1 Å². The van der Waals surface area contributed by atoms with Crippen molar-refractivity contribution < 1.29 is 19.1 Å². The van der Waals surface area contributed by atoms with Gasteiger partial charge in [0.25, 0.3) is 0 Å². The van der Waals surface area contributed by atoms with Crippen molar-refractivity contribution in [2.24, 2.45) is 12.0 Å². The lowest BCUT2D eigenvalue weighted by atomic mass is 10.1. The molecule has 0 saturated heterocycles. The Morgan fingerprint density at radius 2 is 1.85 bits per heavy atom. The van der Waals surface area contributed by atoms with Gasteiger partial charge in [-0.25, -0.2) is 9.59 Å². The lowest BCUT2D eigenvalue weighted by Gasteiger charge is -2.17.